The van der Waals surface area contributed by atoms with Gasteiger partial charge >= 0.3 is 22.1 Å². The minimum absolute atomic E-state index is 0.0669. The topological polar surface area (TPSA) is 38.3 Å². The number of hydrogen-bond donors (Lipinski definition) is 1. The highest BCUT2D eigenvalue weighted by molar-refractivity contribution is 14.1. The number of carbonyl (C=O) groups excluding carboxylic acids is 1. The van der Waals surface area contributed by atoms with E-state index in [0.717, 1.165) is 0 Å². The van der Waals surface area contributed by atoms with E-state index in [2.05, 4.69) is 4.74 Å². The van der Waals surface area contributed by atoms with Gasteiger partial charge in [-0.15, -0.1) is 0 Å². The van der Waals surface area contributed by atoms with Crippen molar-refractivity contribution in [3.05, 3.63) is 30.3 Å². The van der Waals surface area contributed by atoms with Gasteiger partial charge in [-0.05, 0) is 12.1 Å². The Bertz CT molecular complexity index is 476. The van der Waals surface area contributed by atoms with E-state index in [0.29, 0.717) is 0 Å². The molecule has 0 saturated carbocycles. The average molecular weight is 413 g/mol. The lowest BCUT2D eigenvalue weighted by atomic mass is 10.3. The third-order valence-corrected chi connectivity index (χ3v) is 2.51. The summed E-state index contributed by atoms with van der Waals surface area (Å²) in [4.78, 5) is 11.1. The first kappa shape index (κ1) is 17.0. The van der Waals surface area contributed by atoms with Crippen molar-refractivity contribution in [3.8, 4) is 0 Å². The van der Waals surface area contributed by atoms with Crippen LogP contribution in [0.1, 0.15) is 0 Å². The highest BCUT2D eigenvalue weighted by atomic mass is 127. The Morgan fingerprint density at radius 2 is 1.55 bits per heavy atom. The van der Waals surface area contributed by atoms with Crippen molar-refractivity contribution in [2.45, 2.75) is 16.1 Å². The van der Waals surface area contributed by atoms with Crippen molar-refractivity contribution in [2.24, 2.45) is 0 Å². The molecular weight excluding hydrogens is 407 g/mol. The lowest BCUT2D eigenvalue weighted by Gasteiger charge is -2.25. The van der Waals surface area contributed by atoms with Gasteiger partial charge in [0.2, 0.25) is 0 Å². The molecule has 0 aliphatic rings. The normalized spacial score (nSPS) is 13.2. The zero-order valence-electron chi connectivity index (χ0n) is 9.35. The fourth-order valence-electron chi connectivity index (χ4n) is 0.991. The molecule has 10 heteroatoms. The Morgan fingerprint density at radius 1 is 1.05 bits per heavy atom. The van der Waals surface area contributed by atoms with Crippen molar-refractivity contribution >= 4 is 34.2 Å². The highest BCUT2D eigenvalue weighted by Crippen LogP contribution is 2.43. The van der Waals surface area contributed by atoms with Crippen LogP contribution in [0.5, 0.6) is 0 Å². The van der Waals surface area contributed by atoms with Gasteiger partial charge in [0.1, 0.15) is 0 Å². The second-order valence-corrected chi connectivity index (χ2v) is 4.81. The molecule has 0 unspecified atom stereocenters. The van der Waals surface area contributed by atoms with Crippen LogP contribution in [0, 0.1) is 0 Å². The summed E-state index contributed by atoms with van der Waals surface area (Å²) in [5.41, 5.74) is -0.134. The number of halogens is 7. The summed E-state index contributed by atoms with van der Waals surface area (Å²) in [6.45, 7) is 0. The van der Waals surface area contributed by atoms with Crippen LogP contribution in [0.25, 0.3) is 0 Å². The molecule has 0 bridgehead atoms. The summed E-state index contributed by atoms with van der Waals surface area (Å²) < 4.78 is 74.0. The van der Waals surface area contributed by atoms with Crippen LogP contribution >= 0.6 is 22.6 Å². The number of rotatable bonds is 5. The van der Waals surface area contributed by atoms with E-state index < -0.39 is 22.1 Å². The molecule has 0 spiro atoms. The van der Waals surface area contributed by atoms with Crippen LogP contribution in [0.4, 0.5) is 32.0 Å². The Balaban J connectivity index is 2.81. The molecule has 1 N–H and O–H groups in total. The van der Waals surface area contributed by atoms with E-state index in [4.69, 9.17) is 0 Å². The number of nitrogens with one attached hydrogen (secondary N) is 1. The quantitative estimate of drug-likeness (QED) is 0.453. The number of para-hydroxylation sites is 1. The smallest absolute Gasteiger partial charge is 0.319 e. The van der Waals surface area contributed by atoms with Crippen LogP contribution in [-0.2, 0) is 9.53 Å². The number of hydrogen-bond acceptors (Lipinski definition) is 2. The van der Waals surface area contributed by atoms with Gasteiger partial charge in [-0.25, -0.2) is 4.74 Å². The molecule has 1 amide bonds. The second-order valence-electron chi connectivity index (χ2n) is 3.45. The second kappa shape index (κ2) is 5.76. The highest BCUT2D eigenvalue weighted by Gasteiger charge is 2.62. The molecule has 0 aliphatic heterocycles. The molecule has 112 valence electrons. The Morgan fingerprint density at radius 3 is 2.00 bits per heavy atom. The van der Waals surface area contributed by atoms with Crippen molar-refractivity contribution in [3.63, 3.8) is 0 Å². The average Bonchev–Trinajstić information content (AvgIpc) is 2.27. The zero-order valence-corrected chi connectivity index (χ0v) is 11.5. The number of carbonyl (C=O) groups is 1. The molecule has 20 heavy (non-hydrogen) atoms. The number of anilines is 1. The van der Waals surface area contributed by atoms with E-state index in [-0.39, 0.29) is 28.3 Å². The summed E-state index contributed by atoms with van der Waals surface area (Å²) in [5.74, 6) is -2.29. The first-order chi connectivity index (χ1) is 8.96. The molecule has 1 rings (SSSR count). The maximum atomic E-state index is 13.1. The molecule has 0 aliphatic carbocycles. The minimum Gasteiger partial charge on any atom is -0.319 e. The van der Waals surface area contributed by atoms with E-state index in [1.165, 1.54) is 30.3 Å². The van der Waals surface area contributed by atoms with E-state index >= 15 is 0 Å². The molecule has 0 atom stereocenters. The Labute approximate surface area is 122 Å². The number of amides is 1. The largest absolute Gasteiger partial charge is 0.441 e. The maximum absolute atomic E-state index is 13.1. The van der Waals surface area contributed by atoms with Crippen LogP contribution in [-0.4, -0.2) is 22.1 Å². The molecule has 1 aromatic rings. The van der Waals surface area contributed by atoms with Crippen molar-refractivity contribution < 1.29 is 35.9 Å². The standard InChI is InChI=1S/C10H6F6INO2/c11-8(12,20-10(15,16)9(13,14)17)7(19)18-6-4-2-1-3-5-6/h1-5H,(H,18,19). The number of benzene rings is 1. The molecular formula is C10H6F6INO2. The molecule has 1 aromatic carbocycles. The van der Waals surface area contributed by atoms with Crippen LogP contribution in [0.3, 0.4) is 0 Å². The maximum Gasteiger partial charge on any atom is 0.441 e. The van der Waals surface area contributed by atoms with E-state index in [1.807, 2.05) is 0 Å². The van der Waals surface area contributed by atoms with Gasteiger partial charge in [0, 0.05) is 28.3 Å². The van der Waals surface area contributed by atoms with Gasteiger partial charge < -0.3 is 5.32 Å². The SMILES string of the molecule is O=C(Nc1ccccc1)C(F)(F)OC(F)(F)C(F)(F)I. The van der Waals surface area contributed by atoms with Gasteiger partial charge in [0.25, 0.3) is 0 Å². The third kappa shape index (κ3) is 4.23. The van der Waals surface area contributed by atoms with Gasteiger partial charge in [-0.2, -0.15) is 26.3 Å². The molecule has 0 radical (unpaired) electrons. The lowest BCUT2D eigenvalue weighted by molar-refractivity contribution is -0.392. The fourth-order valence-corrected chi connectivity index (χ4v) is 1.10. The summed E-state index contributed by atoms with van der Waals surface area (Å²) in [6, 6.07) is 6.65. The van der Waals surface area contributed by atoms with Crippen LogP contribution < -0.4 is 5.32 Å². The predicted molar refractivity (Wildman–Crippen MR) is 65.0 cm³/mol. The monoisotopic (exact) mass is 413 g/mol. The van der Waals surface area contributed by atoms with E-state index in [9.17, 15) is 31.1 Å². The van der Waals surface area contributed by atoms with Crippen molar-refractivity contribution in [1.29, 1.82) is 0 Å². The van der Waals surface area contributed by atoms with Gasteiger partial charge in [-0.1, -0.05) is 18.2 Å². The Hall–Kier alpha value is -1.04. The fraction of sp³-hybridized carbons (Fsp3) is 0.300. The number of ether oxygens (including phenoxy) is 1. The van der Waals surface area contributed by atoms with Gasteiger partial charge in [0.15, 0.2) is 0 Å². The van der Waals surface area contributed by atoms with Crippen molar-refractivity contribution in [2.75, 3.05) is 5.32 Å². The van der Waals surface area contributed by atoms with Gasteiger partial charge in [0.05, 0.1) is 0 Å². The predicted octanol–water partition coefficient (Wildman–Crippen LogP) is 3.86. The molecule has 0 saturated heterocycles. The number of alkyl halides is 7. The molecule has 0 fully saturated rings. The molecule has 3 nitrogen and oxygen atoms in total. The first-order valence-corrected chi connectivity index (χ1v) is 5.92. The molecule has 0 heterocycles. The van der Waals surface area contributed by atoms with Crippen LogP contribution in [0.2, 0.25) is 0 Å². The third-order valence-electron chi connectivity index (χ3n) is 1.88. The first-order valence-electron chi connectivity index (χ1n) is 4.85. The lowest BCUT2D eigenvalue weighted by Crippen LogP contribution is -2.48. The van der Waals surface area contributed by atoms with Crippen molar-refractivity contribution in [1.82, 2.24) is 0 Å². The van der Waals surface area contributed by atoms with E-state index in [1.54, 1.807) is 5.32 Å². The van der Waals surface area contributed by atoms with Gasteiger partial charge in [-0.3, -0.25) is 4.79 Å². The summed E-state index contributed by atoms with van der Waals surface area (Å²) in [6.07, 6.45) is -10.6. The summed E-state index contributed by atoms with van der Waals surface area (Å²) >= 11 is -0.0669. The molecule has 0 aromatic heterocycles. The zero-order chi connectivity index (χ0) is 15.6. The summed E-state index contributed by atoms with van der Waals surface area (Å²) in [7, 11) is 0. The minimum atomic E-state index is -5.51. The summed E-state index contributed by atoms with van der Waals surface area (Å²) in [5, 5.41) is 1.56. The Kier molecular flexibility index (Phi) is 4.90. The van der Waals surface area contributed by atoms with Crippen LogP contribution in [0.15, 0.2) is 30.3 Å².